The number of hydrogen-bond donors (Lipinski definition) is 4. The van der Waals surface area contributed by atoms with Crippen LogP contribution in [0.4, 0.5) is 5.69 Å². The molecule has 2 aromatic rings. The van der Waals surface area contributed by atoms with Gasteiger partial charge >= 0.3 is 0 Å². The van der Waals surface area contributed by atoms with E-state index in [0.29, 0.717) is 28.9 Å². The van der Waals surface area contributed by atoms with Crippen LogP contribution in [0.15, 0.2) is 36.4 Å². The number of nitrogens with one attached hydrogen (secondary N) is 2. The number of rotatable bonds is 3. The average Bonchev–Trinajstić information content (AvgIpc) is 2.73. The number of hydrogen-bond acceptors (Lipinski definition) is 5. The summed E-state index contributed by atoms with van der Waals surface area (Å²) in [4.78, 5) is 23.0. The maximum Gasteiger partial charge on any atom is 0.259 e. The molecule has 1 aliphatic rings. The molecule has 2 amide bonds. The van der Waals surface area contributed by atoms with E-state index in [-0.39, 0.29) is 11.5 Å². The van der Waals surface area contributed by atoms with Gasteiger partial charge in [0.2, 0.25) is 0 Å². The second-order valence-corrected chi connectivity index (χ2v) is 4.71. The van der Waals surface area contributed by atoms with Gasteiger partial charge in [-0.1, -0.05) is 0 Å². The van der Waals surface area contributed by atoms with Crippen molar-refractivity contribution >= 4 is 17.5 Å². The maximum atomic E-state index is 11.6. The molecule has 0 saturated carbocycles. The van der Waals surface area contributed by atoms with Gasteiger partial charge in [0.25, 0.3) is 11.8 Å². The van der Waals surface area contributed by atoms with Gasteiger partial charge in [-0.3, -0.25) is 14.9 Å². The number of phenolic OH excluding ortho intramolecular Hbond substituents is 2. The van der Waals surface area contributed by atoms with Crippen LogP contribution in [0.25, 0.3) is 0 Å². The minimum absolute atomic E-state index is 0.0102. The topological polar surface area (TPSA) is 98.7 Å². The summed E-state index contributed by atoms with van der Waals surface area (Å²) in [7, 11) is 0. The summed E-state index contributed by atoms with van der Waals surface area (Å²) < 4.78 is 0. The highest BCUT2D eigenvalue weighted by Crippen LogP contribution is 2.25. The van der Waals surface area contributed by atoms with Gasteiger partial charge in [0.05, 0.1) is 11.1 Å². The molecule has 2 aromatic carbocycles. The van der Waals surface area contributed by atoms with E-state index in [1.54, 1.807) is 24.3 Å². The van der Waals surface area contributed by atoms with E-state index in [9.17, 15) is 19.8 Å². The second-order valence-electron chi connectivity index (χ2n) is 4.71. The Bertz CT molecular complexity index is 755. The van der Waals surface area contributed by atoms with Crippen molar-refractivity contribution in [3.8, 4) is 11.5 Å². The summed E-state index contributed by atoms with van der Waals surface area (Å²) >= 11 is 0. The number of carbonyl (C=O) groups is 2. The summed E-state index contributed by atoms with van der Waals surface area (Å²) in [5, 5.41) is 24.2. The van der Waals surface area contributed by atoms with Crippen LogP contribution in [0.2, 0.25) is 0 Å². The molecule has 0 unspecified atom stereocenters. The monoisotopic (exact) mass is 284 g/mol. The molecule has 0 radical (unpaired) electrons. The predicted molar refractivity (Wildman–Crippen MR) is 75.3 cm³/mol. The first-order valence-corrected chi connectivity index (χ1v) is 6.29. The Morgan fingerprint density at radius 3 is 2.48 bits per heavy atom. The highest BCUT2D eigenvalue weighted by Gasteiger charge is 2.26. The van der Waals surface area contributed by atoms with E-state index in [2.05, 4.69) is 10.6 Å². The lowest BCUT2D eigenvalue weighted by Gasteiger charge is -2.09. The van der Waals surface area contributed by atoms with Gasteiger partial charge in [-0.15, -0.1) is 0 Å². The van der Waals surface area contributed by atoms with E-state index >= 15 is 0 Å². The number of amides is 2. The quantitative estimate of drug-likeness (QED) is 0.642. The van der Waals surface area contributed by atoms with Crippen LogP contribution in [0.1, 0.15) is 26.3 Å². The number of anilines is 1. The standard InChI is InChI=1S/C15H12N2O4/c18-10-3-1-8(13(19)6-10)7-16-9-2-4-11-12(5-9)15(21)17-14(11)20/h1-6,16,18-19H,7H2,(H,17,20,21). The summed E-state index contributed by atoms with van der Waals surface area (Å²) in [6, 6.07) is 9.19. The normalized spacial score (nSPS) is 13.0. The highest BCUT2D eigenvalue weighted by molar-refractivity contribution is 6.21. The van der Waals surface area contributed by atoms with Crippen LogP contribution in [-0.4, -0.2) is 22.0 Å². The van der Waals surface area contributed by atoms with E-state index < -0.39 is 11.8 Å². The van der Waals surface area contributed by atoms with E-state index in [4.69, 9.17) is 0 Å². The summed E-state index contributed by atoms with van der Waals surface area (Å²) in [6.45, 7) is 0.320. The molecule has 4 N–H and O–H groups in total. The fraction of sp³-hybridized carbons (Fsp3) is 0.0667. The number of carbonyl (C=O) groups excluding carboxylic acids is 2. The lowest BCUT2D eigenvalue weighted by molar-refractivity contribution is 0.0879. The van der Waals surface area contributed by atoms with Gasteiger partial charge in [-0.05, 0) is 30.3 Å². The van der Waals surface area contributed by atoms with E-state index in [1.165, 1.54) is 12.1 Å². The van der Waals surface area contributed by atoms with Crippen molar-refractivity contribution in [2.45, 2.75) is 6.54 Å². The zero-order valence-corrected chi connectivity index (χ0v) is 10.9. The minimum atomic E-state index is -0.411. The summed E-state index contributed by atoms with van der Waals surface area (Å²) in [5.41, 5.74) is 1.96. The fourth-order valence-electron chi connectivity index (χ4n) is 2.18. The molecule has 0 aromatic heterocycles. The van der Waals surface area contributed by atoms with Gasteiger partial charge in [-0.2, -0.15) is 0 Å². The number of phenols is 2. The average molecular weight is 284 g/mol. The van der Waals surface area contributed by atoms with Gasteiger partial charge < -0.3 is 15.5 Å². The summed E-state index contributed by atoms with van der Waals surface area (Å²) in [5.74, 6) is -0.829. The third-order valence-corrected chi connectivity index (χ3v) is 3.29. The van der Waals surface area contributed by atoms with Gasteiger partial charge in [-0.25, -0.2) is 0 Å². The molecule has 6 nitrogen and oxygen atoms in total. The van der Waals surface area contributed by atoms with Crippen LogP contribution >= 0.6 is 0 Å². The number of fused-ring (bicyclic) bond motifs is 1. The Kier molecular flexibility index (Phi) is 2.98. The maximum absolute atomic E-state index is 11.6. The van der Waals surface area contributed by atoms with Crippen molar-refractivity contribution in [1.82, 2.24) is 5.32 Å². The predicted octanol–water partition coefficient (Wildman–Crippen LogP) is 1.59. The van der Waals surface area contributed by atoms with Gasteiger partial charge in [0.1, 0.15) is 11.5 Å². The Labute approximate surface area is 120 Å². The van der Waals surface area contributed by atoms with Gasteiger partial charge in [0.15, 0.2) is 0 Å². The third kappa shape index (κ3) is 2.38. The van der Waals surface area contributed by atoms with Crippen LogP contribution in [0.3, 0.4) is 0 Å². The van der Waals surface area contributed by atoms with Crippen molar-refractivity contribution in [1.29, 1.82) is 0 Å². The zero-order valence-electron chi connectivity index (χ0n) is 10.9. The molecule has 0 spiro atoms. The molecular formula is C15H12N2O4. The smallest absolute Gasteiger partial charge is 0.259 e. The zero-order chi connectivity index (χ0) is 15.0. The Morgan fingerprint density at radius 2 is 1.71 bits per heavy atom. The lowest BCUT2D eigenvalue weighted by atomic mass is 10.1. The minimum Gasteiger partial charge on any atom is -0.508 e. The van der Waals surface area contributed by atoms with Crippen molar-refractivity contribution in [2.24, 2.45) is 0 Å². The molecule has 6 heteroatoms. The SMILES string of the molecule is O=C1NC(=O)c2cc(NCc3ccc(O)cc3O)ccc21. The molecular weight excluding hydrogens is 272 g/mol. The van der Waals surface area contributed by atoms with Crippen molar-refractivity contribution < 1.29 is 19.8 Å². The second kappa shape index (κ2) is 4.82. The Balaban J connectivity index is 1.79. The first-order valence-electron chi connectivity index (χ1n) is 6.29. The largest absolute Gasteiger partial charge is 0.508 e. The Hall–Kier alpha value is -3.02. The molecule has 0 bridgehead atoms. The molecule has 3 rings (SSSR count). The van der Waals surface area contributed by atoms with Gasteiger partial charge in [0, 0.05) is 23.9 Å². The summed E-state index contributed by atoms with van der Waals surface area (Å²) in [6.07, 6.45) is 0. The number of benzene rings is 2. The molecule has 0 fully saturated rings. The first kappa shape index (κ1) is 13.0. The van der Waals surface area contributed by atoms with Crippen molar-refractivity contribution in [3.63, 3.8) is 0 Å². The van der Waals surface area contributed by atoms with Crippen LogP contribution in [0, 0.1) is 0 Å². The Morgan fingerprint density at radius 1 is 0.952 bits per heavy atom. The molecule has 1 heterocycles. The van der Waals surface area contributed by atoms with Crippen molar-refractivity contribution in [2.75, 3.05) is 5.32 Å². The van der Waals surface area contributed by atoms with Crippen LogP contribution < -0.4 is 10.6 Å². The van der Waals surface area contributed by atoms with Crippen LogP contribution in [0.5, 0.6) is 11.5 Å². The molecule has 0 atom stereocenters. The third-order valence-electron chi connectivity index (χ3n) is 3.29. The first-order chi connectivity index (χ1) is 10.0. The van der Waals surface area contributed by atoms with Crippen molar-refractivity contribution in [3.05, 3.63) is 53.1 Å². The molecule has 21 heavy (non-hydrogen) atoms. The molecule has 0 saturated heterocycles. The fourth-order valence-corrected chi connectivity index (χ4v) is 2.18. The van der Waals surface area contributed by atoms with E-state index in [0.717, 1.165) is 0 Å². The molecule has 1 aliphatic heterocycles. The highest BCUT2D eigenvalue weighted by atomic mass is 16.3. The molecule has 106 valence electrons. The molecule has 0 aliphatic carbocycles. The number of imide groups is 1. The van der Waals surface area contributed by atoms with E-state index in [1.807, 2.05) is 0 Å². The lowest BCUT2D eigenvalue weighted by Crippen LogP contribution is -2.19. The van der Waals surface area contributed by atoms with Crippen LogP contribution in [-0.2, 0) is 6.54 Å². The number of aromatic hydroxyl groups is 2.